The van der Waals surface area contributed by atoms with E-state index >= 15 is 0 Å². The van der Waals surface area contributed by atoms with Gasteiger partial charge in [-0.3, -0.25) is 4.79 Å². The molecular formula is C39H70O19. The van der Waals surface area contributed by atoms with Crippen LogP contribution < -0.4 is 0 Å². The Balaban J connectivity index is 1.41. The Morgan fingerprint density at radius 1 is 0.483 bits per heavy atom. The first kappa shape index (κ1) is 49.4. The smallest absolute Gasteiger partial charge is 0.305 e. The maximum Gasteiger partial charge on any atom is 0.305 e. The Labute approximate surface area is 340 Å². The first-order valence-corrected chi connectivity index (χ1v) is 20.9. The summed E-state index contributed by atoms with van der Waals surface area (Å²) >= 11 is 0. The zero-order chi connectivity index (χ0) is 42.8. The largest absolute Gasteiger partial charge is 0.469 e. The molecule has 0 aliphatic carbocycles. The maximum absolute atomic E-state index is 11.3. The van der Waals surface area contributed by atoms with Gasteiger partial charge in [0.15, 0.2) is 25.2 Å². The minimum absolute atomic E-state index is 0.195. The average molecular weight is 843 g/mol. The van der Waals surface area contributed by atoms with Gasteiger partial charge in [0.2, 0.25) is 0 Å². The van der Waals surface area contributed by atoms with Gasteiger partial charge in [-0.15, -0.1) is 0 Å². The fraction of sp³-hybridized carbons (Fsp3) is 0.974. The van der Waals surface area contributed by atoms with Crippen molar-refractivity contribution in [3.63, 3.8) is 0 Å². The van der Waals surface area contributed by atoms with Crippen LogP contribution in [0.3, 0.4) is 0 Å². The van der Waals surface area contributed by atoms with Crippen molar-refractivity contribution in [2.75, 3.05) is 7.11 Å². The van der Waals surface area contributed by atoms with E-state index < -0.39 is 123 Å². The molecule has 340 valence electrons. The van der Waals surface area contributed by atoms with E-state index in [0.29, 0.717) is 19.3 Å². The minimum Gasteiger partial charge on any atom is -0.469 e. The van der Waals surface area contributed by atoms with E-state index in [-0.39, 0.29) is 12.1 Å². The number of aliphatic hydroxyl groups excluding tert-OH is 9. The summed E-state index contributed by atoms with van der Waals surface area (Å²) in [5.74, 6) is -0.195. The van der Waals surface area contributed by atoms with Crippen LogP contribution in [0.5, 0.6) is 0 Å². The number of rotatable bonds is 20. The van der Waals surface area contributed by atoms with Crippen molar-refractivity contribution in [3.8, 4) is 0 Å². The van der Waals surface area contributed by atoms with E-state index in [1.165, 1.54) is 27.9 Å². The quantitative estimate of drug-likeness (QED) is 0.0538. The van der Waals surface area contributed by atoms with Crippen molar-refractivity contribution in [1.29, 1.82) is 0 Å². The molecule has 0 unspecified atom stereocenters. The van der Waals surface area contributed by atoms with Crippen LogP contribution in [0.2, 0.25) is 0 Å². The van der Waals surface area contributed by atoms with Gasteiger partial charge < -0.3 is 88.6 Å². The van der Waals surface area contributed by atoms with Gasteiger partial charge in [0.1, 0.15) is 73.2 Å². The molecule has 4 rings (SSSR count). The molecule has 0 spiro atoms. The number of esters is 1. The van der Waals surface area contributed by atoms with Crippen molar-refractivity contribution in [1.82, 2.24) is 0 Å². The SMILES string of the molecule is CCC[C@@H](CCCCCCCCCC(=O)OC)O[C@@H]1O[C@H](C)[C@@H](O)[C@H](O)[C@H]1O[C@@H]1O[C@H](C)[C@@H](O)[C@H](O)[C@H]1O[C@@H]1O[C@@H](C)[C@H](O[C@@H]2O[C@H](C)[C@H](O)[C@H](O)[C@H]2O)[C@@H](O)[C@H]1O. The Hall–Kier alpha value is -1.21. The van der Waals surface area contributed by atoms with Gasteiger partial charge in [0.25, 0.3) is 0 Å². The Morgan fingerprint density at radius 2 is 0.897 bits per heavy atom. The van der Waals surface area contributed by atoms with Crippen LogP contribution in [0, 0.1) is 0 Å². The summed E-state index contributed by atoms with van der Waals surface area (Å²) in [6, 6.07) is 0. The third-order valence-corrected chi connectivity index (χ3v) is 11.6. The van der Waals surface area contributed by atoms with E-state index in [1.807, 2.05) is 6.92 Å². The molecule has 0 aromatic rings. The topological polar surface area (TPSA) is 282 Å². The summed E-state index contributed by atoms with van der Waals surface area (Å²) in [6.45, 7) is 8.02. The molecular weight excluding hydrogens is 772 g/mol. The molecule has 19 nitrogen and oxygen atoms in total. The van der Waals surface area contributed by atoms with Gasteiger partial charge in [0, 0.05) is 6.42 Å². The number of hydrogen-bond acceptors (Lipinski definition) is 19. The summed E-state index contributed by atoms with van der Waals surface area (Å²) in [6.07, 6.45) is -19.5. The van der Waals surface area contributed by atoms with Crippen molar-refractivity contribution in [2.24, 2.45) is 0 Å². The fourth-order valence-electron chi connectivity index (χ4n) is 7.83. The lowest BCUT2D eigenvalue weighted by molar-refractivity contribution is -0.397. The van der Waals surface area contributed by atoms with Crippen LogP contribution >= 0.6 is 0 Å². The lowest BCUT2D eigenvalue weighted by atomic mass is 9.96. The van der Waals surface area contributed by atoms with Crippen LogP contribution in [0.25, 0.3) is 0 Å². The highest BCUT2D eigenvalue weighted by Crippen LogP contribution is 2.35. The zero-order valence-corrected chi connectivity index (χ0v) is 34.5. The molecule has 19 heteroatoms. The zero-order valence-electron chi connectivity index (χ0n) is 34.5. The van der Waals surface area contributed by atoms with Crippen LogP contribution in [-0.2, 0) is 47.4 Å². The summed E-state index contributed by atoms with van der Waals surface area (Å²) in [7, 11) is 1.39. The highest BCUT2D eigenvalue weighted by atomic mass is 16.8. The van der Waals surface area contributed by atoms with Crippen molar-refractivity contribution >= 4 is 5.97 Å². The minimum atomic E-state index is -1.84. The lowest BCUT2D eigenvalue weighted by Crippen LogP contribution is -2.66. The highest BCUT2D eigenvalue weighted by molar-refractivity contribution is 5.68. The van der Waals surface area contributed by atoms with E-state index in [0.717, 1.165) is 51.4 Å². The van der Waals surface area contributed by atoms with E-state index in [4.69, 9.17) is 37.9 Å². The molecule has 0 saturated carbocycles. The van der Waals surface area contributed by atoms with E-state index in [1.54, 1.807) is 6.92 Å². The Kier molecular flexibility index (Phi) is 19.9. The number of unbranched alkanes of at least 4 members (excludes halogenated alkanes) is 6. The van der Waals surface area contributed by atoms with Gasteiger partial charge >= 0.3 is 5.97 Å². The number of carbonyl (C=O) groups excluding carboxylic acids is 1. The molecule has 21 atom stereocenters. The molecule has 4 fully saturated rings. The predicted octanol–water partition coefficient (Wildman–Crippen LogP) is -0.761. The molecule has 0 aromatic heterocycles. The molecule has 4 saturated heterocycles. The van der Waals surface area contributed by atoms with Crippen LogP contribution in [0.15, 0.2) is 0 Å². The number of aliphatic hydroxyl groups is 9. The second kappa shape index (κ2) is 23.3. The van der Waals surface area contributed by atoms with Gasteiger partial charge in [-0.25, -0.2) is 0 Å². The maximum atomic E-state index is 11.3. The molecule has 4 heterocycles. The first-order chi connectivity index (χ1) is 27.5. The molecule has 0 aromatic carbocycles. The molecule has 9 N–H and O–H groups in total. The average Bonchev–Trinajstić information content (AvgIpc) is 3.19. The number of carbonyl (C=O) groups is 1. The third kappa shape index (κ3) is 12.7. The van der Waals surface area contributed by atoms with Gasteiger partial charge in [-0.2, -0.15) is 0 Å². The molecule has 4 aliphatic heterocycles. The second-order valence-electron chi connectivity index (χ2n) is 16.2. The summed E-state index contributed by atoms with van der Waals surface area (Å²) in [5, 5.41) is 97.2. The normalized spacial score (nSPS) is 44.2. The van der Waals surface area contributed by atoms with Crippen LogP contribution in [0.1, 0.15) is 105 Å². The van der Waals surface area contributed by atoms with E-state index in [2.05, 4.69) is 4.74 Å². The number of ether oxygens (including phenoxy) is 9. The first-order valence-electron chi connectivity index (χ1n) is 20.9. The molecule has 0 bridgehead atoms. The monoisotopic (exact) mass is 842 g/mol. The lowest BCUT2D eigenvalue weighted by Gasteiger charge is -2.49. The summed E-state index contributed by atoms with van der Waals surface area (Å²) < 4.78 is 52.4. The summed E-state index contributed by atoms with van der Waals surface area (Å²) in [4.78, 5) is 11.3. The fourth-order valence-corrected chi connectivity index (χ4v) is 7.83. The molecule has 0 radical (unpaired) electrons. The highest BCUT2D eigenvalue weighted by Gasteiger charge is 2.54. The van der Waals surface area contributed by atoms with Crippen LogP contribution in [0.4, 0.5) is 0 Å². The van der Waals surface area contributed by atoms with Gasteiger partial charge in [-0.1, -0.05) is 51.9 Å². The standard InChI is InChI=1S/C39H70O19/c1-7-15-22(16-13-11-9-8-10-12-14-17-23(40)50-6)55-38-34(28(45)25(42)19(3)52-38)58-39-35(29(46)26(43)20(4)53-39)57-37-32(49)30(47)33(21(5)54-37)56-36-31(48)27(44)24(41)18(2)51-36/h18-22,24-39,41-49H,7-17H2,1-6H3/t18-,19-,20-,21+,22+,24+,25-,26-,27+,28+,29+,30+,31-,32-,33+,34-,35-,36+,37+,38+,39+/m1/s1. The molecule has 58 heavy (non-hydrogen) atoms. The summed E-state index contributed by atoms with van der Waals surface area (Å²) in [5.41, 5.74) is 0. The Bertz CT molecular complexity index is 1200. The predicted molar refractivity (Wildman–Crippen MR) is 199 cm³/mol. The number of hydrogen-bond donors (Lipinski definition) is 9. The van der Waals surface area contributed by atoms with Gasteiger partial charge in [-0.05, 0) is 47.0 Å². The number of methoxy groups -OCH3 is 1. The van der Waals surface area contributed by atoms with Crippen molar-refractivity contribution in [2.45, 2.75) is 234 Å². The Morgan fingerprint density at radius 3 is 1.47 bits per heavy atom. The third-order valence-electron chi connectivity index (χ3n) is 11.6. The second-order valence-corrected chi connectivity index (χ2v) is 16.2. The van der Waals surface area contributed by atoms with Crippen LogP contribution in [-0.4, -0.2) is 188 Å². The van der Waals surface area contributed by atoms with E-state index in [9.17, 15) is 50.8 Å². The van der Waals surface area contributed by atoms with Gasteiger partial charge in [0.05, 0.1) is 37.6 Å². The molecule has 0 amide bonds. The molecule has 4 aliphatic rings. The van der Waals surface area contributed by atoms with Crippen molar-refractivity contribution < 1.29 is 93.4 Å². The van der Waals surface area contributed by atoms with Crippen molar-refractivity contribution in [3.05, 3.63) is 0 Å².